The molecule has 0 amide bonds. The second kappa shape index (κ2) is 8.88. The van der Waals surface area contributed by atoms with Crippen molar-refractivity contribution >= 4 is 0 Å². The van der Waals surface area contributed by atoms with Crippen LogP contribution < -0.4 is 5.32 Å². The van der Waals surface area contributed by atoms with Crippen LogP contribution in [0.5, 0.6) is 0 Å². The Balaban J connectivity index is 4.70. The zero-order valence-corrected chi connectivity index (χ0v) is 13.6. The number of halogens is 3. The highest BCUT2D eigenvalue weighted by atomic mass is 19.4. The zero-order valence-electron chi connectivity index (χ0n) is 13.6. The zero-order chi connectivity index (χ0) is 15.8. The molecule has 0 rings (SSSR count). The van der Waals surface area contributed by atoms with Crippen LogP contribution in [-0.2, 0) is 0 Å². The third kappa shape index (κ3) is 9.59. The summed E-state index contributed by atoms with van der Waals surface area (Å²) in [5, 5.41) is 3.37. The fourth-order valence-corrected chi connectivity index (χ4v) is 2.60. The molecule has 0 aromatic carbocycles. The van der Waals surface area contributed by atoms with Gasteiger partial charge < -0.3 is 5.32 Å². The molecule has 0 aromatic heterocycles. The van der Waals surface area contributed by atoms with E-state index in [9.17, 15) is 13.2 Å². The van der Waals surface area contributed by atoms with Crippen LogP contribution in [0.2, 0.25) is 0 Å². The van der Waals surface area contributed by atoms with Gasteiger partial charge in [0.15, 0.2) is 0 Å². The lowest BCUT2D eigenvalue weighted by atomic mass is 9.84. The Kier molecular flexibility index (Phi) is 8.75. The van der Waals surface area contributed by atoms with Gasteiger partial charge in [-0.2, -0.15) is 13.2 Å². The van der Waals surface area contributed by atoms with Gasteiger partial charge in [-0.3, -0.25) is 4.90 Å². The Labute approximate surface area is 122 Å². The van der Waals surface area contributed by atoms with Crippen molar-refractivity contribution < 1.29 is 13.2 Å². The average Bonchev–Trinajstić information content (AvgIpc) is 2.25. The molecule has 0 aliphatic heterocycles. The minimum atomic E-state index is -4.12. The van der Waals surface area contributed by atoms with Gasteiger partial charge in [0, 0.05) is 19.1 Å². The molecule has 2 nitrogen and oxygen atoms in total. The van der Waals surface area contributed by atoms with Crippen molar-refractivity contribution in [3.05, 3.63) is 0 Å². The lowest BCUT2D eigenvalue weighted by molar-refractivity contribution is -0.149. The van der Waals surface area contributed by atoms with Crippen LogP contribution in [-0.4, -0.2) is 43.3 Å². The highest BCUT2D eigenvalue weighted by molar-refractivity contribution is 4.82. The Morgan fingerprint density at radius 1 is 1.05 bits per heavy atom. The lowest BCUT2D eigenvalue weighted by Gasteiger charge is -2.36. The molecule has 0 aromatic rings. The lowest BCUT2D eigenvalue weighted by Crippen LogP contribution is -2.46. The molecule has 0 fully saturated rings. The second-order valence-corrected chi connectivity index (χ2v) is 6.42. The summed E-state index contributed by atoms with van der Waals surface area (Å²) in [5.74, 6) is 0. The van der Waals surface area contributed by atoms with Crippen LogP contribution in [0, 0.1) is 5.41 Å². The maximum absolute atomic E-state index is 12.6. The van der Waals surface area contributed by atoms with Gasteiger partial charge in [-0.25, -0.2) is 0 Å². The van der Waals surface area contributed by atoms with Gasteiger partial charge >= 0.3 is 6.18 Å². The quantitative estimate of drug-likeness (QED) is 0.654. The Morgan fingerprint density at radius 2 is 1.65 bits per heavy atom. The van der Waals surface area contributed by atoms with E-state index in [1.165, 1.54) is 0 Å². The van der Waals surface area contributed by atoms with E-state index in [1.54, 1.807) is 4.90 Å². The van der Waals surface area contributed by atoms with E-state index in [1.807, 2.05) is 6.92 Å². The summed E-state index contributed by atoms with van der Waals surface area (Å²) in [6.45, 7) is 11.2. The van der Waals surface area contributed by atoms with Crippen LogP contribution in [0.4, 0.5) is 13.2 Å². The molecule has 0 aliphatic carbocycles. The second-order valence-electron chi connectivity index (χ2n) is 6.42. The molecule has 0 bridgehead atoms. The third-order valence-corrected chi connectivity index (χ3v) is 3.34. The first-order valence-electron chi connectivity index (χ1n) is 7.64. The summed E-state index contributed by atoms with van der Waals surface area (Å²) in [6, 6.07) is 0.355. The summed E-state index contributed by atoms with van der Waals surface area (Å²) in [7, 11) is 0. The summed E-state index contributed by atoms with van der Waals surface area (Å²) >= 11 is 0. The van der Waals surface area contributed by atoms with Gasteiger partial charge in [0.05, 0.1) is 6.54 Å². The fourth-order valence-electron chi connectivity index (χ4n) is 2.60. The van der Waals surface area contributed by atoms with Gasteiger partial charge in [0.1, 0.15) is 0 Å². The van der Waals surface area contributed by atoms with Crippen LogP contribution in [0.25, 0.3) is 0 Å². The van der Waals surface area contributed by atoms with Crippen LogP contribution in [0.15, 0.2) is 0 Å². The minimum absolute atomic E-state index is 0.112. The highest BCUT2D eigenvalue weighted by Crippen LogP contribution is 2.26. The first-order chi connectivity index (χ1) is 9.12. The van der Waals surface area contributed by atoms with E-state index in [0.717, 1.165) is 25.8 Å². The molecule has 122 valence electrons. The molecule has 0 radical (unpaired) electrons. The molecule has 1 atom stereocenters. The maximum Gasteiger partial charge on any atom is 0.401 e. The van der Waals surface area contributed by atoms with Gasteiger partial charge in [0.25, 0.3) is 0 Å². The molecule has 0 spiro atoms. The molecule has 0 saturated carbocycles. The molecular weight excluding hydrogens is 265 g/mol. The molecule has 0 heterocycles. The summed E-state index contributed by atoms with van der Waals surface area (Å²) < 4.78 is 37.9. The van der Waals surface area contributed by atoms with Crippen molar-refractivity contribution in [2.45, 2.75) is 66.1 Å². The van der Waals surface area contributed by atoms with Crippen molar-refractivity contribution in [2.24, 2.45) is 5.41 Å². The van der Waals surface area contributed by atoms with Crippen molar-refractivity contribution in [3.8, 4) is 0 Å². The monoisotopic (exact) mass is 296 g/mol. The van der Waals surface area contributed by atoms with E-state index in [-0.39, 0.29) is 5.41 Å². The van der Waals surface area contributed by atoms with Gasteiger partial charge in [-0.15, -0.1) is 0 Å². The third-order valence-electron chi connectivity index (χ3n) is 3.34. The van der Waals surface area contributed by atoms with Gasteiger partial charge in [-0.05, 0) is 24.8 Å². The molecule has 5 heteroatoms. The van der Waals surface area contributed by atoms with E-state index in [4.69, 9.17) is 0 Å². The highest BCUT2D eigenvalue weighted by Gasteiger charge is 2.34. The largest absolute Gasteiger partial charge is 0.401 e. The van der Waals surface area contributed by atoms with E-state index >= 15 is 0 Å². The standard InChI is InChI=1S/C15H31F3N2/c1-6-8-14(5,10-19-13(3)4)11-20(9-7-2)12-15(16,17)18/h13,19H,6-12H2,1-5H3. The smallest absolute Gasteiger partial charge is 0.314 e. The van der Waals surface area contributed by atoms with Crippen LogP contribution in [0.3, 0.4) is 0 Å². The van der Waals surface area contributed by atoms with Gasteiger partial charge in [0.2, 0.25) is 0 Å². The summed E-state index contributed by atoms with van der Waals surface area (Å²) in [5.41, 5.74) is -0.112. The van der Waals surface area contributed by atoms with E-state index in [2.05, 4.69) is 33.0 Å². The molecular formula is C15H31F3N2. The first kappa shape index (κ1) is 19.7. The fraction of sp³-hybridized carbons (Fsp3) is 1.00. The topological polar surface area (TPSA) is 15.3 Å². The Morgan fingerprint density at radius 3 is 2.05 bits per heavy atom. The molecule has 0 saturated heterocycles. The molecule has 1 unspecified atom stereocenters. The number of nitrogens with zero attached hydrogens (tertiary/aromatic N) is 1. The normalized spacial score (nSPS) is 15.9. The van der Waals surface area contributed by atoms with Gasteiger partial charge in [-0.1, -0.05) is 41.0 Å². The number of hydrogen-bond acceptors (Lipinski definition) is 2. The molecule has 0 aliphatic rings. The Hall–Kier alpha value is -0.290. The Bertz CT molecular complexity index is 254. The SMILES string of the molecule is CCCN(CC(F)(F)F)CC(C)(CCC)CNC(C)C. The average molecular weight is 296 g/mol. The predicted molar refractivity (Wildman–Crippen MR) is 78.9 cm³/mol. The number of hydrogen-bond donors (Lipinski definition) is 1. The van der Waals surface area contributed by atoms with Crippen molar-refractivity contribution in [3.63, 3.8) is 0 Å². The van der Waals surface area contributed by atoms with E-state index in [0.29, 0.717) is 19.1 Å². The summed E-state index contributed by atoms with van der Waals surface area (Å²) in [4.78, 5) is 1.55. The van der Waals surface area contributed by atoms with Crippen LogP contribution in [0.1, 0.15) is 53.9 Å². The predicted octanol–water partition coefficient (Wildman–Crippen LogP) is 4.07. The molecule has 1 N–H and O–H groups in total. The van der Waals surface area contributed by atoms with Crippen LogP contribution >= 0.6 is 0 Å². The summed E-state index contributed by atoms with van der Waals surface area (Å²) in [6.07, 6.45) is -1.45. The number of alkyl halides is 3. The van der Waals surface area contributed by atoms with E-state index < -0.39 is 12.7 Å². The molecule has 20 heavy (non-hydrogen) atoms. The maximum atomic E-state index is 12.6. The minimum Gasteiger partial charge on any atom is -0.314 e. The number of rotatable bonds is 10. The number of nitrogens with one attached hydrogen (secondary N) is 1. The first-order valence-corrected chi connectivity index (χ1v) is 7.64. The van der Waals surface area contributed by atoms with Crippen molar-refractivity contribution in [1.29, 1.82) is 0 Å². The van der Waals surface area contributed by atoms with Crippen molar-refractivity contribution in [2.75, 3.05) is 26.2 Å². The van der Waals surface area contributed by atoms with Crippen molar-refractivity contribution in [1.82, 2.24) is 10.2 Å².